The molecule has 2 aromatic carbocycles. The van der Waals surface area contributed by atoms with Crippen molar-refractivity contribution in [1.82, 2.24) is 14.6 Å². The van der Waals surface area contributed by atoms with E-state index in [9.17, 15) is 18.0 Å². The zero-order valence-corrected chi connectivity index (χ0v) is 18.0. The smallest absolute Gasteiger partial charge is 0.416 e. The van der Waals surface area contributed by atoms with E-state index in [2.05, 4.69) is 10.1 Å². The molecule has 4 rings (SSSR count). The van der Waals surface area contributed by atoms with Crippen LogP contribution in [0.2, 0.25) is 0 Å². The monoisotopic (exact) mass is 461 g/mol. The molecular formula is C22H18F3N3O3S. The highest BCUT2D eigenvalue weighted by Gasteiger charge is 2.32. The van der Waals surface area contributed by atoms with Crippen LogP contribution in [0.5, 0.6) is 11.5 Å². The fourth-order valence-electron chi connectivity index (χ4n) is 3.34. The van der Waals surface area contributed by atoms with Gasteiger partial charge in [0, 0.05) is 6.42 Å². The average molecular weight is 461 g/mol. The molecule has 0 bridgehead atoms. The molecule has 0 aliphatic heterocycles. The number of benzene rings is 2. The van der Waals surface area contributed by atoms with Crippen LogP contribution in [0.4, 0.5) is 13.2 Å². The van der Waals surface area contributed by atoms with Gasteiger partial charge in [0.25, 0.3) is 5.56 Å². The van der Waals surface area contributed by atoms with Crippen LogP contribution in [-0.4, -0.2) is 28.8 Å². The Balaban J connectivity index is 1.59. The van der Waals surface area contributed by atoms with Gasteiger partial charge in [0.05, 0.1) is 24.3 Å². The van der Waals surface area contributed by atoms with Crippen molar-refractivity contribution in [3.63, 3.8) is 0 Å². The van der Waals surface area contributed by atoms with E-state index in [4.69, 9.17) is 9.47 Å². The van der Waals surface area contributed by atoms with Crippen molar-refractivity contribution in [2.75, 3.05) is 14.2 Å². The van der Waals surface area contributed by atoms with Gasteiger partial charge in [0.2, 0.25) is 4.96 Å². The van der Waals surface area contributed by atoms with Crippen molar-refractivity contribution in [3.05, 3.63) is 79.9 Å². The van der Waals surface area contributed by atoms with Crippen molar-refractivity contribution in [2.45, 2.75) is 19.0 Å². The number of hydrogen-bond donors (Lipinski definition) is 0. The summed E-state index contributed by atoms with van der Waals surface area (Å²) in [5.41, 5.74) is -0.0946. The maximum absolute atomic E-state index is 13.2. The number of fused-ring (bicyclic) bond motifs is 1. The van der Waals surface area contributed by atoms with Gasteiger partial charge < -0.3 is 9.47 Å². The first kappa shape index (κ1) is 21.8. The largest absolute Gasteiger partial charge is 0.493 e. The number of hydrogen-bond acceptors (Lipinski definition) is 6. The summed E-state index contributed by atoms with van der Waals surface area (Å²) in [5, 5.41) is 4.20. The van der Waals surface area contributed by atoms with Crippen LogP contribution in [0.15, 0.2) is 47.3 Å². The lowest BCUT2D eigenvalue weighted by molar-refractivity contribution is -0.138. The first-order valence-corrected chi connectivity index (χ1v) is 10.4. The zero-order valence-electron chi connectivity index (χ0n) is 17.1. The average Bonchev–Trinajstić information content (AvgIpc) is 3.30. The van der Waals surface area contributed by atoms with Crippen LogP contribution in [0.25, 0.3) is 11.0 Å². The molecule has 0 fully saturated rings. The lowest BCUT2D eigenvalue weighted by atomic mass is 10.0. The zero-order chi connectivity index (χ0) is 22.9. The minimum absolute atomic E-state index is 0.117. The van der Waals surface area contributed by atoms with Gasteiger partial charge in [-0.3, -0.25) is 4.79 Å². The van der Waals surface area contributed by atoms with E-state index in [1.165, 1.54) is 30.9 Å². The Kier molecular flexibility index (Phi) is 5.88. The van der Waals surface area contributed by atoms with Crippen molar-refractivity contribution in [2.24, 2.45) is 0 Å². The molecule has 0 atom stereocenters. The van der Waals surface area contributed by atoms with E-state index in [1.807, 2.05) is 0 Å². The van der Waals surface area contributed by atoms with Gasteiger partial charge in [-0.2, -0.15) is 17.7 Å². The van der Waals surface area contributed by atoms with E-state index >= 15 is 0 Å². The van der Waals surface area contributed by atoms with Gasteiger partial charge in [0.15, 0.2) is 17.3 Å². The Morgan fingerprint density at radius 2 is 1.81 bits per heavy atom. The van der Waals surface area contributed by atoms with E-state index in [-0.39, 0.29) is 24.0 Å². The first-order valence-electron chi connectivity index (χ1n) is 9.57. The maximum Gasteiger partial charge on any atom is 0.416 e. The summed E-state index contributed by atoms with van der Waals surface area (Å²) in [6.07, 6.45) is -2.41. The normalized spacial score (nSPS) is 12.5. The summed E-state index contributed by atoms with van der Waals surface area (Å²) in [5.74, 6) is 1.43. The van der Waals surface area contributed by atoms with E-state index < -0.39 is 11.7 Å². The molecule has 0 N–H and O–H groups in total. The summed E-state index contributed by atoms with van der Waals surface area (Å²) in [6, 6.07) is 10.7. The molecule has 0 saturated carbocycles. The topological polar surface area (TPSA) is 65.7 Å². The number of ether oxygens (including phenoxy) is 2. The number of halogens is 3. The molecule has 166 valence electrons. The molecule has 4 aromatic rings. The van der Waals surface area contributed by atoms with Crippen molar-refractivity contribution >= 4 is 22.4 Å². The number of thiazole rings is 1. The highest BCUT2D eigenvalue weighted by molar-refractivity contribution is 7.15. The molecule has 0 amide bonds. The summed E-state index contributed by atoms with van der Waals surface area (Å²) in [6.45, 7) is 0. The predicted octanol–water partition coefficient (Wildman–Crippen LogP) is 3.52. The second kappa shape index (κ2) is 8.62. The Labute approximate surface area is 184 Å². The fourth-order valence-corrected chi connectivity index (χ4v) is 4.26. The number of rotatable bonds is 6. The Hall–Kier alpha value is -3.40. The third-order valence-corrected chi connectivity index (χ3v) is 5.83. The molecule has 0 aliphatic carbocycles. The van der Waals surface area contributed by atoms with Crippen molar-refractivity contribution in [1.29, 1.82) is 0 Å². The van der Waals surface area contributed by atoms with Crippen LogP contribution in [0.3, 0.4) is 0 Å². The number of aryl methyl sites for hydroxylation is 2. The first-order chi connectivity index (χ1) is 15.3. The minimum Gasteiger partial charge on any atom is -0.493 e. The predicted molar refractivity (Wildman–Crippen MR) is 114 cm³/mol. The second-order valence-electron chi connectivity index (χ2n) is 6.91. The number of nitrogens with zero attached hydrogens (tertiary/aromatic N) is 3. The molecule has 32 heavy (non-hydrogen) atoms. The molecule has 2 aromatic heterocycles. The number of alkyl halides is 3. The van der Waals surface area contributed by atoms with Gasteiger partial charge in [-0.05, 0) is 41.8 Å². The van der Waals surface area contributed by atoms with Gasteiger partial charge in [-0.1, -0.05) is 35.6 Å². The van der Waals surface area contributed by atoms with E-state index in [1.54, 1.807) is 30.3 Å². The van der Waals surface area contributed by atoms with E-state index in [0.717, 1.165) is 23.0 Å². The molecule has 0 aliphatic rings. The Morgan fingerprint density at radius 1 is 1.06 bits per heavy atom. The Bertz CT molecular complexity index is 1380. The minimum atomic E-state index is -4.42. The highest BCUT2D eigenvalue weighted by Crippen LogP contribution is 2.32. The Morgan fingerprint density at radius 3 is 2.50 bits per heavy atom. The molecule has 2 heterocycles. The van der Waals surface area contributed by atoms with Crippen LogP contribution < -0.4 is 19.6 Å². The molecule has 10 heteroatoms. The maximum atomic E-state index is 13.2. The number of methoxy groups -OCH3 is 2. The van der Waals surface area contributed by atoms with E-state index in [0.29, 0.717) is 26.8 Å². The highest BCUT2D eigenvalue weighted by atomic mass is 32.1. The van der Waals surface area contributed by atoms with Crippen molar-refractivity contribution < 1.29 is 22.6 Å². The van der Waals surface area contributed by atoms with Crippen molar-refractivity contribution in [3.8, 4) is 11.5 Å². The standard InChI is InChI=1S/C22H18F3N3O3S/c1-30-16-9-7-13(11-17(16)31-2)12-18-20(29)28-21(32-18)26-19(27-28)10-8-14-5-3-4-6-15(14)22(23,24)25/h3-7,9,11-12H,8,10H2,1-2H3/b18-12-. The second-order valence-corrected chi connectivity index (χ2v) is 7.92. The molecule has 6 nitrogen and oxygen atoms in total. The van der Waals surface area contributed by atoms with Crippen LogP contribution >= 0.6 is 11.3 Å². The van der Waals surface area contributed by atoms with Gasteiger partial charge in [0.1, 0.15) is 0 Å². The van der Waals surface area contributed by atoms with Gasteiger partial charge in [-0.25, -0.2) is 4.98 Å². The molecular weight excluding hydrogens is 443 g/mol. The van der Waals surface area contributed by atoms with Crippen LogP contribution in [0, 0.1) is 0 Å². The van der Waals surface area contributed by atoms with Gasteiger partial charge in [-0.15, -0.1) is 5.10 Å². The molecule has 0 unspecified atom stereocenters. The molecule has 0 saturated heterocycles. The summed E-state index contributed by atoms with van der Waals surface area (Å²) in [7, 11) is 3.06. The lowest BCUT2D eigenvalue weighted by Crippen LogP contribution is -2.23. The van der Waals surface area contributed by atoms with Crippen LogP contribution in [-0.2, 0) is 19.0 Å². The fraction of sp³-hybridized carbons (Fsp3) is 0.227. The quantitative estimate of drug-likeness (QED) is 0.440. The van der Waals surface area contributed by atoms with Gasteiger partial charge >= 0.3 is 6.18 Å². The molecule has 0 spiro atoms. The summed E-state index contributed by atoms with van der Waals surface area (Å²) < 4.78 is 51.6. The number of aromatic nitrogens is 3. The third kappa shape index (κ3) is 4.31. The summed E-state index contributed by atoms with van der Waals surface area (Å²) >= 11 is 1.16. The molecule has 0 radical (unpaired) electrons. The van der Waals surface area contributed by atoms with Crippen LogP contribution in [0.1, 0.15) is 22.5 Å². The SMILES string of the molecule is COc1ccc(/C=c2\sc3nc(CCc4ccccc4C(F)(F)F)nn3c2=O)cc1OC. The lowest BCUT2D eigenvalue weighted by Gasteiger charge is -2.11. The summed E-state index contributed by atoms with van der Waals surface area (Å²) in [4.78, 5) is 17.4. The third-order valence-electron chi connectivity index (χ3n) is 4.87.